The molecule has 0 heterocycles. The number of rotatable bonds is 3. The molecule has 0 aromatic heterocycles. The highest BCUT2D eigenvalue weighted by molar-refractivity contribution is 5.91. The topological polar surface area (TPSA) is 55.6 Å². The lowest BCUT2D eigenvalue weighted by Gasteiger charge is -2.35. The quantitative estimate of drug-likeness (QED) is 0.681. The van der Waals surface area contributed by atoms with Gasteiger partial charge in [0.1, 0.15) is 0 Å². The predicted molar refractivity (Wildman–Crippen MR) is 82.0 cm³/mol. The molecule has 4 heteroatoms. The van der Waals surface area contributed by atoms with Crippen molar-refractivity contribution in [1.29, 1.82) is 0 Å². The zero-order valence-electron chi connectivity index (χ0n) is 12.6. The molecule has 4 nitrogen and oxygen atoms in total. The molecule has 1 aromatic carbocycles. The second-order valence-corrected chi connectivity index (χ2v) is 5.79. The van der Waals surface area contributed by atoms with Crippen LogP contribution in [0.15, 0.2) is 18.2 Å². The Morgan fingerprint density at radius 3 is 2.50 bits per heavy atom. The number of methoxy groups -OCH3 is 1. The molecule has 1 aliphatic rings. The Morgan fingerprint density at radius 1 is 1.30 bits per heavy atom. The third-order valence-electron chi connectivity index (χ3n) is 4.36. The van der Waals surface area contributed by atoms with Gasteiger partial charge in [-0.1, -0.05) is 6.92 Å². The van der Waals surface area contributed by atoms with Gasteiger partial charge in [-0.05, 0) is 49.8 Å². The molecule has 0 bridgehead atoms. The van der Waals surface area contributed by atoms with Crippen molar-refractivity contribution in [2.24, 2.45) is 5.92 Å². The van der Waals surface area contributed by atoms with Gasteiger partial charge >= 0.3 is 5.97 Å². The largest absolute Gasteiger partial charge is 0.465 e. The Bertz CT molecular complexity index is 479. The molecular weight excluding hydrogens is 252 g/mol. The van der Waals surface area contributed by atoms with Gasteiger partial charge in [0.2, 0.25) is 0 Å². The van der Waals surface area contributed by atoms with Gasteiger partial charge in [0.05, 0.1) is 24.0 Å². The average Bonchev–Trinajstić information content (AvgIpc) is 2.46. The van der Waals surface area contributed by atoms with Crippen LogP contribution in [0.25, 0.3) is 0 Å². The Morgan fingerprint density at radius 2 is 1.95 bits per heavy atom. The summed E-state index contributed by atoms with van der Waals surface area (Å²) in [4.78, 5) is 13.7. The molecule has 1 aromatic rings. The highest BCUT2D eigenvalue weighted by Crippen LogP contribution is 2.32. The van der Waals surface area contributed by atoms with Crippen LogP contribution in [0.2, 0.25) is 0 Å². The van der Waals surface area contributed by atoms with E-state index in [0.29, 0.717) is 17.3 Å². The minimum absolute atomic E-state index is 0.350. The summed E-state index contributed by atoms with van der Waals surface area (Å²) in [5, 5.41) is 0. The molecule has 2 rings (SSSR count). The summed E-state index contributed by atoms with van der Waals surface area (Å²) in [5.41, 5.74) is 8.23. The molecule has 110 valence electrons. The number of esters is 1. The summed E-state index contributed by atoms with van der Waals surface area (Å²) < 4.78 is 4.71. The summed E-state index contributed by atoms with van der Waals surface area (Å²) in [6.45, 7) is 2.32. The van der Waals surface area contributed by atoms with Gasteiger partial charge < -0.3 is 15.4 Å². The fourth-order valence-corrected chi connectivity index (χ4v) is 2.95. The van der Waals surface area contributed by atoms with Crippen LogP contribution in [0, 0.1) is 5.92 Å². The van der Waals surface area contributed by atoms with Crippen molar-refractivity contribution in [1.82, 2.24) is 0 Å². The SMILES string of the molecule is COC(=O)c1ccc(N(C)C2CCC(C)CC2)c(N)c1. The monoisotopic (exact) mass is 276 g/mol. The van der Waals surface area contributed by atoms with Crippen molar-refractivity contribution < 1.29 is 9.53 Å². The Balaban J connectivity index is 2.14. The van der Waals surface area contributed by atoms with E-state index in [9.17, 15) is 4.79 Å². The molecule has 20 heavy (non-hydrogen) atoms. The molecule has 0 spiro atoms. The van der Waals surface area contributed by atoms with Crippen molar-refractivity contribution in [3.05, 3.63) is 23.8 Å². The molecular formula is C16H24N2O2. The summed E-state index contributed by atoms with van der Waals surface area (Å²) in [6, 6.07) is 5.93. The van der Waals surface area contributed by atoms with Crippen LogP contribution in [0.5, 0.6) is 0 Å². The normalized spacial score (nSPS) is 22.4. The van der Waals surface area contributed by atoms with Crippen molar-refractivity contribution in [2.75, 3.05) is 24.8 Å². The van der Waals surface area contributed by atoms with Crippen molar-refractivity contribution >= 4 is 17.3 Å². The fraction of sp³-hybridized carbons (Fsp3) is 0.562. The molecule has 2 N–H and O–H groups in total. The van der Waals surface area contributed by atoms with Crippen molar-refractivity contribution in [3.8, 4) is 0 Å². The second-order valence-electron chi connectivity index (χ2n) is 5.79. The first-order valence-electron chi connectivity index (χ1n) is 7.23. The zero-order chi connectivity index (χ0) is 14.7. The van der Waals surface area contributed by atoms with Crippen LogP contribution >= 0.6 is 0 Å². The number of carbonyl (C=O) groups is 1. The third kappa shape index (κ3) is 3.06. The summed E-state index contributed by atoms with van der Waals surface area (Å²) >= 11 is 0. The Hall–Kier alpha value is -1.71. The number of carbonyl (C=O) groups excluding carboxylic acids is 1. The van der Waals surface area contributed by atoms with Gasteiger partial charge in [0.15, 0.2) is 0 Å². The number of nitrogen functional groups attached to an aromatic ring is 1. The lowest BCUT2D eigenvalue weighted by atomic mass is 9.86. The maximum absolute atomic E-state index is 11.5. The first kappa shape index (κ1) is 14.7. The lowest BCUT2D eigenvalue weighted by Crippen LogP contribution is -2.35. The standard InChI is InChI=1S/C16H24N2O2/c1-11-4-7-13(8-5-11)18(2)15-9-6-12(10-14(15)17)16(19)20-3/h6,9-11,13H,4-5,7-8,17H2,1-3H3. The fourth-order valence-electron chi connectivity index (χ4n) is 2.95. The van der Waals surface area contributed by atoms with Crippen molar-refractivity contribution in [3.63, 3.8) is 0 Å². The van der Waals surface area contributed by atoms with E-state index in [1.54, 1.807) is 12.1 Å². The molecule has 1 saturated carbocycles. The number of nitrogens with zero attached hydrogens (tertiary/aromatic N) is 1. The summed E-state index contributed by atoms with van der Waals surface area (Å²) in [5.74, 6) is 0.482. The first-order valence-corrected chi connectivity index (χ1v) is 7.23. The lowest BCUT2D eigenvalue weighted by molar-refractivity contribution is 0.0601. The molecule has 0 atom stereocenters. The van der Waals surface area contributed by atoms with Crippen LogP contribution in [0.4, 0.5) is 11.4 Å². The van der Waals surface area contributed by atoms with E-state index < -0.39 is 0 Å². The van der Waals surface area contributed by atoms with Gasteiger partial charge in [0, 0.05) is 13.1 Å². The Kier molecular flexibility index (Phi) is 4.53. The number of ether oxygens (including phenoxy) is 1. The van der Waals surface area contributed by atoms with E-state index in [0.717, 1.165) is 11.6 Å². The highest BCUT2D eigenvalue weighted by Gasteiger charge is 2.23. The number of anilines is 2. The minimum atomic E-state index is -0.350. The van der Waals surface area contributed by atoms with E-state index in [2.05, 4.69) is 18.9 Å². The van der Waals surface area contributed by atoms with Crippen molar-refractivity contribution in [2.45, 2.75) is 38.6 Å². The summed E-state index contributed by atoms with van der Waals surface area (Å²) in [6.07, 6.45) is 4.95. The van der Waals surface area contributed by atoms with E-state index in [4.69, 9.17) is 10.5 Å². The highest BCUT2D eigenvalue weighted by atomic mass is 16.5. The predicted octanol–water partition coefficient (Wildman–Crippen LogP) is 3.07. The average molecular weight is 276 g/mol. The van der Waals surface area contributed by atoms with Gasteiger partial charge in [-0.15, -0.1) is 0 Å². The Labute approximate surface area is 120 Å². The zero-order valence-corrected chi connectivity index (χ0v) is 12.6. The number of nitrogens with two attached hydrogens (primary N) is 1. The first-order chi connectivity index (χ1) is 9.52. The van der Waals surface area contributed by atoms with Crippen LogP contribution in [-0.4, -0.2) is 26.2 Å². The number of hydrogen-bond acceptors (Lipinski definition) is 4. The molecule has 0 amide bonds. The van der Waals surface area contributed by atoms with E-state index in [1.807, 2.05) is 6.07 Å². The van der Waals surface area contributed by atoms with Crippen LogP contribution in [0.1, 0.15) is 43.0 Å². The van der Waals surface area contributed by atoms with Gasteiger partial charge in [-0.3, -0.25) is 0 Å². The maximum Gasteiger partial charge on any atom is 0.337 e. The molecule has 1 aliphatic carbocycles. The molecule has 0 aliphatic heterocycles. The van der Waals surface area contributed by atoms with E-state index >= 15 is 0 Å². The maximum atomic E-state index is 11.5. The van der Waals surface area contributed by atoms with Crippen LogP contribution < -0.4 is 10.6 Å². The van der Waals surface area contributed by atoms with Gasteiger partial charge in [-0.2, -0.15) is 0 Å². The molecule has 1 fully saturated rings. The molecule has 0 saturated heterocycles. The number of hydrogen-bond donors (Lipinski definition) is 1. The second kappa shape index (κ2) is 6.16. The van der Waals surface area contributed by atoms with Crippen LogP contribution in [-0.2, 0) is 4.74 Å². The van der Waals surface area contributed by atoms with E-state index in [1.165, 1.54) is 32.8 Å². The van der Waals surface area contributed by atoms with E-state index in [-0.39, 0.29) is 5.97 Å². The van der Waals surface area contributed by atoms with Gasteiger partial charge in [0.25, 0.3) is 0 Å². The number of benzene rings is 1. The summed E-state index contributed by atoms with van der Waals surface area (Å²) in [7, 11) is 3.46. The minimum Gasteiger partial charge on any atom is -0.465 e. The molecule has 0 radical (unpaired) electrons. The van der Waals surface area contributed by atoms with Gasteiger partial charge in [-0.25, -0.2) is 4.79 Å². The van der Waals surface area contributed by atoms with Crippen LogP contribution in [0.3, 0.4) is 0 Å². The molecule has 0 unspecified atom stereocenters. The third-order valence-corrected chi connectivity index (χ3v) is 4.36. The smallest absolute Gasteiger partial charge is 0.337 e.